The van der Waals surface area contributed by atoms with Gasteiger partial charge in [0.2, 0.25) is 0 Å². The maximum Gasteiger partial charge on any atom is 0.356 e. The minimum Gasteiger partial charge on any atom is -0.493 e. The Morgan fingerprint density at radius 3 is 2.85 bits per heavy atom. The second kappa shape index (κ2) is 4.41. The maximum atomic E-state index is 11.0. The first-order valence-electron chi connectivity index (χ1n) is 5.93. The number of aromatic carboxylic acids is 1. The van der Waals surface area contributed by atoms with Crippen LogP contribution in [0.5, 0.6) is 5.75 Å². The quantitative estimate of drug-likeness (QED) is 0.792. The van der Waals surface area contributed by atoms with Gasteiger partial charge in [0.15, 0.2) is 17.0 Å². The molecule has 0 aliphatic heterocycles. The van der Waals surface area contributed by atoms with Gasteiger partial charge in [-0.3, -0.25) is 4.68 Å². The molecule has 0 saturated heterocycles. The van der Waals surface area contributed by atoms with Crippen LogP contribution < -0.4 is 4.74 Å². The number of furan rings is 1. The van der Waals surface area contributed by atoms with Crippen molar-refractivity contribution < 1.29 is 19.1 Å². The van der Waals surface area contributed by atoms with E-state index in [9.17, 15) is 4.79 Å². The molecule has 6 heteroatoms. The highest BCUT2D eigenvalue weighted by molar-refractivity contribution is 5.97. The first kappa shape index (κ1) is 12.3. The van der Waals surface area contributed by atoms with Gasteiger partial charge in [0, 0.05) is 18.0 Å². The number of nitrogens with zero attached hydrogens (tertiary/aromatic N) is 2. The number of rotatable bonds is 3. The predicted molar refractivity (Wildman–Crippen MR) is 71.9 cm³/mol. The average molecular weight is 272 g/mol. The van der Waals surface area contributed by atoms with E-state index in [1.165, 1.54) is 10.7 Å². The van der Waals surface area contributed by atoms with Crippen LogP contribution in [-0.2, 0) is 7.05 Å². The van der Waals surface area contributed by atoms with Crippen molar-refractivity contribution in [3.05, 3.63) is 36.2 Å². The van der Waals surface area contributed by atoms with Crippen LogP contribution in [0.3, 0.4) is 0 Å². The molecule has 2 aromatic heterocycles. The molecule has 102 valence electrons. The van der Waals surface area contributed by atoms with Gasteiger partial charge in [0.25, 0.3) is 0 Å². The Hall–Kier alpha value is -2.76. The molecule has 2 heterocycles. The van der Waals surface area contributed by atoms with Crippen molar-refractivity contribution in [1.82, 2.24) is 9.78 Å². The summed E-state index contributed by atoms with van der Waals surface area (Å²) in [6.07, 6.45) is 1.57. The highest BCUT2D eigenvalue weighted by Gasteiger charge is 2.17. The predicted octanol–water partition coefficient (Wildman–Crippen LogP) is 2.54. The summed E-state index contributed by atoms with van der Waals surface area (Å²) >= 11 is 0. The Morgan fingerprint density at radius 2 is 2.20 bits per heavy atom. The molecule has 0 aliphatic carbocycles. The van der Waals surface area contributed by atoms with Gasteiger partial charge in [-0.25, -0.2) is 4.79 Å². The first-order valence-corrected chi connectivity index (χ1v) is 5.93. The van der Waals surface area contributed by atoms with Gasteiger partial charge in [-0.2, -0.15) is 5.10 Å². The molecule has 0 radical (unpaired) electrons. The zero-order chi connectivity index (χ0) is 14.3. The van der Waals surface area contributed by atoms with Crippen LogP contribution in [0.25, 0.3) is 22.2 Å². The van der Waals surface area contributed by atoms with Crippen LogP contribution >= 0.6 is 0 Å². The van der Waals surface area contributed by atoms with Gasteiger partial charge in [-0.15, -0.1) is 0 Å². The molecule has 0 unspecified atom stereocenters. The molecule has 0 fully saturated rings. The summed E-state index contributed by atoms with van der Waals surface area (Å²) in [5, 5.41) is 13.8. The highest BCUT2D eigenvalue weighted by Crippen LogP contribution is 2.35. The van der Waals surface area contributed by atoms with Crippen molar-refractivity contribution in [2.75, 3.05) is 7.11 Å². The van der Waals surface area contributed by atoms with E-state index < -0.39 is 5.97 Å². The third-order valence-electron chi connectivity index (χ3n) is 3.18. The zero-order valence-corrected chi connectivity index (χ0v) is 11.0. The Balaban J connectivity index is 2.25. The van der Waals surface area contributed by atoms with E-state index in [0.29, 0.717) is 17.0 Å². The van der Waals surface area contributed by atoms with Crippen molar-refractivity contribution >= 4 is 16.9 Å². The number of ether oxygens (including phenoxy) is 1. The van der Waals surface area contributed by atoms with Gasteiger partial charge in [0.1, 0.15) is 0 Å². The molecule has 3 aromatic rings. The lowest BCUT2D eigenvalue weighted by Gasteiger charge is -2.06. The van der Waals surface area contributed by atoms with E-state index in [0.717, 1.165) is 10.9 Å². The van der Waals surface area contributed by atoms with E-state index in [1.807, 2.05) is 12.1 Å². The fourth-order valence-corrected chi connectivity index (χ4v) is 2.24. The molecule has 0 atom stereocenters. The second-order valence-corrected chi connectivity index (χ2v) is 4.32. The fraction of sp³-hybridized carbons (Fsp3) is 0.143. The summed E-state index contributed by atoms with van der Waals surface area (Å²) in [6.45, 7) is 0. The number of aryl methyl sites for hydroxylation is 1. The summed E-state index contributed by atoms with van der Waals surface area (Å²) in [5.74, 6) is -0.418. The summed E-state index contributed by atoms with van der Waals surface area (Å²) in [7, 11) is 3.28. The number of benzene rings is 1. The van der Waals surface area contributed by atoms with Crippen LogP contribution in [-0.4, -0.2) is 28.0 Å². The van der Waals surface area contributed by atoms with Gasteiger partial charge in [-0.1, -0.05) is 0 Å². The molecule has 0 amide bonds. The van der Waals surface area contributed by atoms with E-state index in [-0.39, 0.29) is 5.69 Å². The Morgan fingerprint density at radius 1 is 1.40 bits per heavy atom. The Bertz CT molecular complexity index is 801. The average Bonchev–Trinajstić information content (AvgIpc) is 3.04. The van der Waals surface area contributed by atoms with Crippen LogP contribution in [0, 0.1) is 0 Å². The molecule has 0 bridgehead atoms. The third kappa shape index (κ3) is 1.73. The largest absolute Gasteiger partial charge is 0.493 e. The number of carboxylic acids is 1. The smallest absolute Gasteiger partial charge is 0.356 e. The SMILES string of the molecule is COc1ccc(-c2cc(C(=O)O)nn2C)c2ccoc12. The van der Waals surface area contributed by atoms with Crippen LogP contribution in [0.2, 0.25) is 0 Å². The summed E-state index contributed by atoms with van der Waals surface area (Å²) in [6, 6.07) is 7.01. The first-order chi connectivity index (χ1) is 9.61. The molecule has 1 N–H and O–H groups in total. The molecule has 0 spiro atoms. The lowest BCUT2D eigenvalue weighted by molar-refractivity contribution is 0.0689. The molecule has 3 rings (SSSR count). The molecule has 1 aromatic carbocycles. The Labute approximate surface area is 114 Å². The van der Waals surface area contributed by atoms with Crippen molar-refractivity contribution in [2.45, 2.75) is 0 Å². The van der Waals surface area contributed by atoms with Crippen molar-refractivity contribution in [3.8, 4) is 17.0 Å². The number of hydrogen-bond acceptors (Lipinski definition) is 4. The van der Waals surface area contributed by atoms with Crippen LogP contribution in [0.4, 0.5) is 0 Å². The molecule has 0 saturated carbocycles. The van der Waals surface area contributed by atoms with E-state index in [1.54, 1.807) is 26.5 Å². The number of carbonyl (C=O) groups is 1. The standard InChI is InChI=1S/C14H12N2O4/c1-16-11(7-10(15-16)14(17)18)8-3-4-12(19-2)13-9(8)5-6-20-13/h3-7H,1-2H3,(H,17,18). The van der Waals surface area contributed by atoms with E-state index >= 15 is 0 Å². The summed E-state index contributed by atoms with van der Waals surface area (Å²) in [4.78, 5) is 11.0. The zero-order valence-electron chi connectivity index (χ0n) is 11.0. The fourth-order valence-electron chi connectivity index (χ4n) is 2.24. The normalized spacial score (nSPS) is 10.9. The third-order valence-corrected chi connectivity index (χ3v) is 3.18. The monoisotopic (exact) mass is 272 g/mol. The topological polar surface area (TPSA) is 77.5 Å². The summed E-state index contributed by atoms with van der Waals surface area (Å²) in [5.41, 5.74) is 2.19. The van der Waals surface area contributed by atoms with Gasteiger partial charge in [0.05, 0.1) is 19.1 Å². The van der Waals surface area contributed by atoms with Crippen molar-refractivity contribution in [3.63, 3.8) is 0 Å². The van der Waals surface area contributed by atoms with Crippen molar-refractivity contribution in [2.24, 2.45) is 7.05 Å². The molecular weight excluding hydrogens is 260 g/mol. The Kier molecular flexibility index (Phi) is 2.71. The lowest BCUT2D eigenvalue weighted by atomic mass is 10.1. The maximum absolute atomic E-state index is 11.0. The number of carboxylic acid groups (broad SMARTS) is 1. The van der Waals surface area contributed by atoms with Crippen LogP contribution in [0.1, 0.15) is 10.5 Å². The lowest BCUT2D eigenvalue weighted by Crippen LogP contribution is -1.99. The number of aromatic nitrogens is 2. The molecule has 20 heavy (non-hydrogen) atoms. The molecule has 0 aliphatic rings. The summed E-state index contributed by atoms with van der Waals surface area (Å²) < 4.78 is 12.2. The minimum absolute atomic E-state index is 0.00922. The van der Waals surface area contributed by atoms with E-state index in [4.69, 9.17) is 14.3 Å². The van der Waals surface area contributed by atoms with Gasteiger partial charge < -0.3 is 14.3 Å². The van der Waals surface area contributed by atoms with E-state index in [2.05, 4.69) is 5.10 Å². The minimum atomic E-state index is -1.05. The highest BCUT2D eigenvalue weighted by atomic mass is 16.5. The molecule has 6 nitrogen and oxygen atoms in total. The molecular formula is C14H12N2O4. The van der Waals surface area contributed by atoms with Gasteiger partial charge in [-0.05, 0) is 24.3 Å². The number of fused-ring (bicyclic) bond motifs is 1. The van der Waals surface area contributed by atoms with Crippen LogP contribution in [0.15, 0.2) is 34.9 Å². The number of methoxy groups -OCH3 is 1. The van der Waals surface area contributed by atoms with Gasteiger partial charge >= 0.3 is 5.97 Å². The van der Waals surface area contributed by atoms with Crippen molar-refractivity contribution in [1.29, 1.82) is 0 Å². The number of hydrogen-bond donors (Lipinski definition) is 1. The second-order valence-electron chi connectivity index (χ2n) is 4.32.